The van der Waals surface area contributed by atoms with E-state index in [0.29, 0.717) is 18.4 Å². The van der Waals surface area contributed by atoms with Gasteiger partial charge in [-0.3, -0.25) is 0 Å². The molecular formula is C15H28N2O2. The lowest BCUT2D eigenvalue weighted by molar-refractivity contribution is 0.0739. The summed E-state index contributed by atoms with van der Waals surface area (Å²) in [7, 11) is 0. The number of ether oxygens (including phenoxy) is 1. The third kappa shape index (κ3) is 7.33. The van der Waals surface area contributed by atoms with Crippen LogP contribution in [0.3, 0.4) is 0 Å². The minimum Gasteiger partial charge on any atom is -0.373 e. The normalized spacial score (nSPS) is 13.1. The number of aromatic nitrogens is 1. The molecule has 0 radical (unpaired) electrons. The lowest BCUT2D eigenvalue weighted by Gasteiger charge is -2.09. The van der Waals surface area contributed by atoms with Crippen LogP contribution in [0.15, 0.2) is 10.6 Å². The van der Waals surface area contributed by atoms with Crippen molar-refractivity contribution >= 4 is 0 Å². The van der Waals surface area contributed by atoms with Crippen LogP contribution in [0.2, 0.25) is 0 Å². The summed E-state index contributed by atoms with van der Waals surface area (Å²) in [6.07, 6.45) is 2.42. The second-order valence-electron chi connectivity index (χ2n) is 5.72. The molecule has 4 nitrogen and oxygen atoms in total. The number of nitrogens with zero attached hydrogens (tertiary/aromatic N) is 1. The van der Waals surface area contributed by atoms with Crippen molar-refractivity contribution in [1.82, 2.24) is 10.5 Å². The topological polar surface area (TPSA) is 47.3 Å². The van der Waals surface area contributed by atoms with Crippen molar-refractivity contribution in [2.45, 2.75) is 53.7 Å². The lowest BCUT2D eigenvalue weighted by atomic mass is 10.1. The summed E-state index contributed by atoms with van der Waals surface area (Å²) in [6, 6.07) is 1.97. The highest BCUT2D eigenvalue weighted by Gasteiger charge is 2.06. The first-order valence-corrected chi connectivity index (χ1v) is 7.34. The molecule has 1 heterocycles. The molecule has 0 fully saturated rings. The van der Waals surface area contributed by atoms with Gasteiger partial charge in [-0.25, -0.2) is 0 Å². The lowest BCUT2D eigenvalue weighted by Crippen LogP contribution is -2.19. The molecule has 0 aliphatic heterocycles. The van der Waals surface area contributed by atoms with Gasteiger partial charge in [0.25, 0.3) is 0 Å². The summed E-state index contributed by atoms with van der Waals surface area (Å²) in [5.74, 6) is 2.07. The van der Waals surface area contributed by atoms with Gasteiger partial charge in [-0.2, -0.15) is 0 Å². The molecular weight excluding hydrogens is 240 g/mol. The van der Waals surface area contributed by atoms with Gasteiger partial charge < -0.3 is 14.6 Å². The van der Waals surface area contributed by atoms with Crippen LogP contribution in [0.25, 0.3) is 0 Å². The van der Waals surface area contributed by atoms with Gasteiger partial charge in [0.05, 0.1) is 5.69 Å². The molecule has 0 aliphatic rings. The third-order valence-electron chi connectivity index (χ3n) is 2.89. The molecule has 0 bridgehead atoms. The van der Waals surface area contributed by atoms with E-state index < -0.39 is 0 Å². The van der Waals surface area contributed by atoms with Gasteiger partial charge >= 0.3 is 0 Å². The second kappa shape index (κ2) is 9.10. The molecule has 0 aromatic carbocycles. The molecule has 19 heavy (non-hydrogen) atoms. The Labute approximate surface area is 116 Å². The number of rotatable bonds is 10. The summed E-state index contributed by atoms with van der Waals surface area (Å²) in [6.45, 7) is 11.8. The maximum Gasteiger partial charge on any atom is 0.162 e. The van der Waals surface area contributed by atoms with Gasteiger partial charge in [-0.1, -0.05) is 39.3 Å². The van der Waals surface area contributed by atoms with Crippen molar-refractivity contribution in [3.8, 4) is 0 Å². The standard InChI is InChI=1S/C15H28N2O2/c1-5-6-13(4)10-18-11-15-7-14(17-19-15)9-16-8-12(2)3/h7,12-13,16H,5-6,8-11H2,1-4H3. The van der Waals surface area contributed by atoms with Gasteiger partial charge in [0.15, 0.2) is 5.76 Å². The van der Waals surface area contributed by atoms with Crippen molar-refractivity contribution in [3.63, 3.8) is 0 Å². The quantitative estimate of drug-likeness (QED) is 0.706. The number of hydrogen-bond donors (Lipinski definition) is 1. The first-order valence-electron chi connectivity index (χ1n) is 7.34. The predicted molar refractivity (Wildman–Crippen MR) is 76.8 cm³/mol. The summed E-state index contributed by atoms with van der Waals surface area (Å²) < 4.78 is 10.9. The highest BCUT2D eigenvalue weighted by atomic mass is 16.5. The molecule has 1 rings (SSSR count). The van der Waals surface area contributed by atoms with Crippen LogP contribution in [-0.2, 0) is 17.9 Å². The molecule has 0 spiro atoms. The van der Waals surface area contributed by atoms with Crippen molar-refractivity contribution in [3.05, 3.63) is 17.5 Å². The highest BCUT2D eigenvalue weighted by Crippen LogP contribution is 2.09. The van der Waals surface area contributed by atoms with Gasteiger partial charge in [-0.05, 0) is 24.8 Å². The monoisotopic (exact) mass is 268 g/mol. The fourth-order valence-corrected chi connectivity index (χ4v) is 1.93. The Morgan fingerprint density at radius 3 is 2.84 bits per heavy atom. The first-order chi connectivity index (χ1) is 9.11. The van der Waals surface area contributed by atoms with Gasteiger partial charge in [0, 0.05) is 19.2 Å². The third-order valence-corrected chi connectivity index (χ3v) is 2.89. The molecule has 4 heteroatoms. The van der Waals surface area contributed by atoms with E-state index in [9.17, 15) is 0 Å². The van der Waals surface area contributed by atoms with Crippen LogP contribution in [0.4, 0.5) is 0 Å². The molecule has 110 valence electrons. The van der Waals surface area contributed by atoms with E-state index in [1.165, 1.54) is 12.8 Å². The average molecular weight is 268 g/mol. The van der Waals surface area contributed by atoms with Crippen LogP contribution < -0.4 is 5.32 Å². The van der Waals surface area contributed by atoms with Crippen LogP contribution in [0.1, 0.15) is 52.0 Å². The Morgan fingerprint density at radius 1 is 1.37 bits per heavy atom. The zero-order valence-electron chi connectivity index (χ0n) is 12.7. The molecule has 0 saturated heterocycles. The molecule has 0 amide bonds. The minimum atomic E-state index is 0.519. The van der Waals surface area contributed by atoms with Gasteiger partial charge in [0.2, 0.25) is 0 Å². The Balaban J connectivity index is 2.19. The molecule has 1 atom stereocenters. The fourth-order valence-electron chi connectivity index (χ4n) is 1.93. The second-order valence-corrected chi connectivity index (χ2v) is 5.72. The SMILES string of the molecule is CCCC(C)COCc1cc(CNCC(C)C)no1. The zero-order chi connectivity index (χ0) is 14.1. The fraction of sp³-hybridized carbons (Fsp3) is 0.800. The summed E-state index contributed by atoms with van der Waals surface area (Å²) in [4.78, 5) is 0. The van der Waals surface area contributed by atoms with Crippen molar-refractivity contribution < 1.29 is 9.26 Å². The predicted octanol–water partition coefficient (Wildman–Crippen LogP) is 3.37. The molecule has 1 N–H and O–H groups in total. The Morgan fingerprint density at radius 2 is 2.16 bits per heavy atom. The van der Waals surface area contributed by atoms with E-state index in [0.717, 1.165) is 31.2 Å². The smallest absolute Gasteiger partial charge is 0.162 e. The maximum absolute atomic E-state index is 5.64. The van der Waals surface area contributed by atoms with Gasteiger partial charge in [0.1, 0.15) is 6.61 Å². The van der Waals surface area contributed by atoms with Crippen molar-refractivity contribution in [1.29, 1.82) is 0 Å². The Hall–Kier alpha value is -0.870. The van der Waals surface area contributed by atoms with Crippen LogP contribution >= 0.6 is 0 Å². The highest BCUT2D eigenvalue weighted by molar-refractivity contribution is 5.04. The first kappa shape index (κ1) is 16.2. The summed E-state index contributed by atoms with van der Waals surface area (Å²) in [5, 5.41) is 7.37. The molecule has 1 aromatic heterocycles. The zero-order valence-corrected chi connectivity index (χ0v) is 12.7. The summed E-state index contributed by atoms with van der Waals surface area (Å²) >= 11 is 0. The van der Waals surface area contributed by atoms with E-state index in [-0.39, 0.29) is 0 Å². The Bertz CT molecular complexity index is 337. The van der Waals surface area contributed by atoms with Crippen LogP contribution in [0.5, 0.6) is 0 Å². The molecule has 1 unspecified atom stereocenters. The largest absolute Gasteiger partial charge is 0.373 e. The Kier molecular flexibility index (Phi) is 7.75. The van der Waals surface area contributed by atoms with Crippen molar-refractivity contribution in [2.24, 2.45) is 11.8 Å². The van der Waals surface area contributed by atoms with E-state index in [2.05, 4.69) is 38.2 Å². The van der Waals surface area contributed by atoms with E-state index in [4.69, 9.17) is 9.26 Å². The van der Waals surface area contributed by atoms with Crippen LogP contribution in [-0.4, -0.2) is 18.3 Å². The molecule has 0 saturated carbocycles. The number of nitrogens with one attached hydrogen (secondary N) is 1. The van der Waals surface area contributed by atoms with E-state index in [1.807, 2.05) is 6.07 Å². The summed E-state index contributed by atoms with van der Waals surface area (Å²) in [5.41, 5.74) is 0.945. The molecule has 1 aromatic rings. The van der Waals surface area contributed by atoms with Gasteiger partial charge in [-0.15, -0.1) is 0 Å². The van der Waals surface area contributed by atoms with E-state index >= 15 is 0 Å². The maximum atomic E-state index is 5.64. The number of hydrogen-bond acceptors (Lipinski definition) is 4. The van der Waals surface area contributed by atoms with E-state index in [1.54, 1.807) is 0 Å². The minimum absolute atomic E-state index is 0.519. The molecule has 0 aliphatic carbocycles. The van der Waals surface area contributed by atoms with Crippen LogP contribution in [0, 0.1) is 11.8 Å². The average Bonchev–Trinajstić information content (AvgIpc) is 2.77. The van der Waals surface area contributed by atoms with Crippen molar-refractivity contribution in [2.75, 3.05) is 13.2 Å².